The minimum Gasteiger partial charge on any atom is -0.477 e. The van der Waals surface area contributed by atoms with Gasteiger partial charge < -0.3 is 10.4 Å². The van der Waals surface area contributed by atoms with Crippen LogP contribution in [0.5, 0.6) is 0 Å². The van der Waals surface area contributed by atoms with Crippen LogP contribution in [0.2, 0.25) is 0 Å². The molecule has 1 aromatic carbocycles. The number of aromatic carboxylic acids is 1. The molecule has 1 heterocycles. The van der Waals surface area contributed by atoms with Gasteiger partial charge in [0.05, 0.1) is 4.88 Å². The zero-order chi connectivity index (χ0) is 16.3. The largest absolute Gasteiger partial charge is 0.477 e. The van der Waals surface area contributed by atoms with Crippen molar-refractivity contribution >= 4 is 23.2 Å². The molecular weight excluding hydrogens is 298 g/mol. The maximum atomic E-state index is 12.2. The van der Waals surface area contributed by atoms with Crippen LogP contribution in [0.4, 0.5) is 0 Å². The van der Waals surface area contributed by atoms with E-state index < -0.39 is 5.97 Å². The second-order valence-corrected chi connectivity index (χ2v) is 6.58. The zero-order valence-electron chi connectivity index (χ0n) is 12.8. The van der Waals surface area contributed by atoms with Crippen molar-refractivity contribution in [3.63, 3.8) is 0 Å². The van der Waals surface area contributed by atoms with E-state index in [0.29, 0.717) is 17.0 Å². The van der Waals surface area contributed by atoms with Crippen LogP contribution in [0, 0.1) is 6.92 Å². The van der Waals surface area contributed by atoms with Crippen LogP contribution in [0.1, 0.15) is 55.8 Å². The molecule has 0 bridgehead atoms. The first-order valence-electron chi connectivity index (χ1n) is 7.09. The summed E-state index contributed by atoms with van der Waals surface area (Å²) in [5.41, 5.74) is 2.86. The third kappa shape index (κ3) is 3.74. The number of aryl methyl sites for hydroxylation is 1. The van der Waals surface area contributed by atoms with Crippen molar-refractivity contribution in [3.8, 4) is 0 Å². The van der Waals surface area contributed by atoms with Crippen molar-refractivity contribution in [1.29, 1.82) is 0 Å². The molecule has 1 aromatic heterocycles. The minimum absolute atomic E-state index is 0.0701. The van der Waals surface area contributed by atoms with Crippen LogP contribution in [0.15, 0.2) is 30.3 Å². The number of hydrogen-bond acceptors (Lipinski definition) is 3. The van der Waals surface area contributed by atoms with Crippen LogP contribution in [-0.4, -0.2) is 17.0 Å². The molecule has 0 aliphatic carbocycles. The second kappa shape index (κ2) is 6.75. The van der Waals surface area contributed by atoms with Crippen molar-refractivity contribution in [2.75, 3.05) is 0 Å². The molecular formula is C17H19NO3S. The molecule has 0 radical (unpaired) electrons. The highest BCUT2D eigenvalue weighted by Gasteiger charge is 2.20. The van der Waals surface area contributed by atoms with E-state index in [1.54, 1.807) is 6.07 Å². The Kier molecular flexibility index (Phi) is 4.98. The molecule has 4 nitrogen and oxygen atoms in total. The molecule has 0 aliphatic rings. The Morgan fingerprint density at radius 1 is 1.27 bits per heavy atom. The molecule has 5 heteroatoms. The van der Waals surface area contributed by atoms with Gasteiger partial charge >= 0.3 is 5.97 Å². The van der Waals surface area contributed by atoms with Crippen LogP contribution in [0.3, 0.4) is 0 Å². The van der Waals surface area contributed by atoms with E-state index >= 15 is 0 Å². The Balaban J connectivity index is 2.13. The third-order valence-corrected chi connectivity index (χ3v) is 4.47. The lowest BCUT2D eigenvalue weighted by molar-refractivity contribution is 0.0700. The molecule has 22 heavy (non-hydrogen) atoms. The molecule has 0 saturated carbocycles. The number of nitrogens with one attached hydrogen (secondary N) is 1. The average molecular weight is 317 g/mol. The van der Waals surface area contributed by atoms with Crippen molar-refractivity contribution in [1.82, 2.24) is 5.32 Å². The summed E-state index contributed by atoms with van der Waals surface area (Å²) in [4.78, 5) is 24.2. The highest BCUT2D eigenvalue weighted by molar-refractivity contribution is 7.16. The minimum atomic E-state index is -0.980. The lowest BCUT2D eigenvalue weighted by Crippen LogP contribution is -2.21. The molecule has 2 rings (SSSR count). The van der Waals surface area contributed by atoms with E-state index in [-0.39, 0.29) is 16.7 Å². The first-order chi connectivity index (χ1) is 10.4. The third-order valence-electron chi connectivity index (χ3n) is 3.34. The molecule has 0 unspecified atom stereocenters. The van der Waals surface area contributed by atoms with Gasteiger partial charge in [0, 0.05) is 6.54 Å². The first-order valence-corrected chi connectivity index (χ1v) is 7.91. The Labute approximate surface area is 133 Å². The quantitative estimate of drug-likeness (QED) is 0.881. The number of rotatable bonds is 5. The van der Waals surface area contributed by atoms with E-state index in [2.05, 4.69) is 5.32 Å². The highest BCUT2D eigenvalue weighted by Crippen LogP contribution is 2.28. The van der Waals surface area contributed by atoms with E-state index in [1.165, 1.54) is 0 Å². The van der Waals surface area contributed by atoms with Crippen LogP contribution >= 0.6 is 11.3 Å². The monoisotopic (exact) mass is 317 g/mol. The van der Waals surface area contributed by atoms with Gasteiger partial charge in [0.2, 0.25) is 0 Å². The standard InChI is InChI=1S/C17H19NO3S/c1-10(2)13-8-14(22-15(13)17(20)21)16(19)18-9-12-6-4-5-11(3)7-12/h4-8,10H,9H2,1-3H3,(H,18,19)(H,20,21). The molecule has 1 amide bonds. The summed E-state index contributed by atoms with van der Waals surface area (Å²) in [5.74, 6) is -1.15. The Morgan fingerprint density at radius 2 is 2.00 bits per heavy atom. The van der Waals surface area contributed by atoms with Crippen molar-refractivity contribution < 1.29 is 14.7 Å². The lowest BCUT2D eigenvalue weighted by Gasteiger charge is -2.04. The van der Waals surface area contributed by atoms with E-state index in [0.717, 1.165) is 22.5 Å². The molecule has 0 spiro atoms. The van der Waals surface area contributed by atoms with Gasteiger partial charge in [-0.25, -0.2) is 4.79 Å². The van der Waals surface area contributed by atoms with Crippen molar-refractivity contribution in [2.24, 2.45) is 0 Å². The van der Waals surface area contributed by atoms with Crippen molar-refractivity contribution in [3.05, 3.63) is 56.8 Å². The molecule has 2 N–H and O–H groups in total. The number of hydrogen-bond donors (Lipinski definition) is 2. The van der Waals surface area contributed by atoms with Gasteiger partial charge in [-0.05, 0) is 30.0 Å². The molecule has 0 fully saturated rings. The maximum Gasteiger partial charge on any atom is 0.346 e. The fourth-order valence-corrected chi connectivity index (χ4v) is 3.28. The number of carbonyl (C=O) groups excluding carboxylic acids is 1. The predicted molar refractivity (Wildman–Crippen MR) is 87.7 cm³/mol. The van der Waals surface area contributed by atoms with Gasteiger partial charge in [-0.3, -0.25) is 4.79 Å². The molecule has 0 atom stereocenters. The summed E-state index contributed by atoms with van der Waals surface area (Å²) in [6.07, 6.45) is 0. The van der Waals surface area contributed by atoms with Crippen LogP contribution < -0.4 is 5.32 Å². The normalized spacial score (nSPS) is 10.7. The second-order valence-electron chi connectivity index (χ2n) is 5.53. The van der Waals surface area contributed by atoms with Crippen LogP contribution in [0.25, 0.3) is 0 Å². The highest BCUT2D eigenvalue weighted by atomic mass is 32.1. The summed E-state index contributed by atoms with van der Waals surface area (Å²) in [6, 6.07) is 9.59. The fourth-order valence-electron chi connectivity index (χ4n) is 2.20. The van der Waals surface area contributed by atoms with E-state index in [9.17, 15) is 14.7 Å². The number of carboxylic acids is 1. The van der Waals surface area contributed by atoms with Gasteiger partial charge in [-0.15, -0.1) is 11.3 Å². The summed E-state index contributed by atoms with van der Waals surface area (Å²) in [6.45, 7) is 6.27. The summed E-state index contributed by atoms with van der Waals surface area (Å²) >= 11 is 1.03. The number of carboxylic acid groups (broad SMARTS) is 1. The number of amides is 1. The van der Waals surface area contributed by atoms with E-state index in [1.807, 2.05) is 45.0 Å². The predicted octanol–water partition coefficient (Wildman–Crippen LogP) is 3.81. The lowest BCUT2D eigenvalue weighted by atomic mass is 10.0. The van der Waals surface area contributed by atoms with Gasteiger partial charge in [0.15, 0.2) is 0 Å². The van der Waals surface area contributed by atoms with Gasteiger partial charge in [-0.1, -0.05) is 43.7 Å². The molecule has 116 valence electrons. The first kappa shape index (κ1) is 16.2. The number of thiophene rings is 1. The topological polar surface area (TPSA) is 66.4 Å². The van der Waals surface area contributed by atoms with Gasteiger partial charge in [0.25, 0.3) is 5.91 Å². The summed E-state index contributed by atoms with van der Waals surface area (Å²) in [7, 11) is 0. The Bertz CT molecular complexity index is 704. The molecule has 0 saturated heterocycles. The van der Waals surface area contributed by atoms with E-state index in [4.69, 9.17) is 0 Å². The SMILES string of the molecule is Cc1cccc(CNC(=O)c2cc(C(C)C)c(C(=O)O)s2)c1. The van der Waals surface area contributed by atoms with Gasteiger partial charge in [0.1, 0.15) is 4.88 Å². The fraction of sp³-hybridized carbons (Fsp3) is 0.294. The van der Waals surface area contributed by atoms with Crippen molar-refractivity contribution in [2.45, 2.75) is 33.2 Å². The summed E-state index contributed by atoms with van der Waals surface area (Å²) in [5, 5.41) is 12.1. The smallest absolute Gasteiger partial charge is 0.346 e. The Hall–Kier alpha value is -2.14. The zero-order valence-corrected chi connectivity index (χ0v) is 13.7. The van der Waals surface area contributed by atoms with Gasteiger partial charge in [-0.2, -0.15) is 0 Å². The number of carbonyl (C=O) groups is 2. The Morgan fingerprint density at radius 3 is 2.55 bits per heavy atom. The molecule has 2 aromatic rings. The number of benzene rings is 1. The molecule has 0 aliphatic heterocycles. The summed E-state index contributed by atoms with van der Waals surface area (Å²) < 4.78 is 0. The average Bonchev–Trinajstić information content (AvgIpc) is 2.90. The maximum absolute atomic E-state index is 12.2. The van der Waals surface area contributed by atoms with Crippen LogP contribution in [-0.2, 0) is 6.54 Å².